The number of rotatable bonds is 3. The number of benzene rings is 2. The van der Waals surface area contributed by atoms with Crippen LogP contribution in [0, 0.1) is 0 Å². The third kappa shape index (κ3) is 4.47. The highest BCUT2D eigenvalue weighted by Gasteiger charge is 2.31. The average Bonchev–Trinajstić information content (AvgIpc) is 2.40. The predicted octanol–water partition coefficient (Wildman–Crippen LogP) is 6.75. The van der Waals surface area contributed by atoms with E-state index in [2.05, 4.69) is 31.9 Å². The van der Waals surface area contributed by atoms with Gasteiger partial charge in [0, 0.05) is 8.95 Å². The number of alkyl halides is 4. The van der Waals surface area contributed by atoms with E-state index < -0.39 is 17.1 Å². The van der Waals surface area contributed by atoms with Gasteiger partial charge in [-0.05, 0) is 47.9 Å². The fourth-order valence-electron chi connectivity index (χ4n) is 1.90. The molecular formula is C15H10Br2ClF3. The molecule has 0 aliphatic carbocycles. The van der Waals surface area contributed by atoms with Gasteiger partial charge >= 0.3 is 6.18 Å². The zero-order valence-corrected chi connectivity index (χ0v) is 14.5. The van der Waals surface area contributed by atoms with Crippen LogP contribution in [-0.2, 0) is 12.6 Å². The molecule has 0 saturated carbocycles. The van der Waals surface area contributed by atoms with Gasteiger partial charge in [-0.2, -0.15) is 13.2 Å². The van der Waals surface area contributed by atoms with Gasteiger partial charge in [-0.15, -0.1) is 11.6 Å². The molecule has 1 atom stereocenters. The Kier molecular flexibility index (Phi) is 5.38. The van der Waals surface area contributed by atoms with Gasteiger partial charge in [-0.1, -0.05) is 44.0 Å². The Morgan fingerprint density at radius 1 is 1.00 bits per heavy atom. The molecule has 112 valence electrons. The van der Waals surface area contributed by atoms with Gasteiger partial charge in [-0.3, -0.25) is 0 Å². The second-order valence-electron chi connectivity index (χ2n) is 4.53. The van der Waals surface area contributed by atoms with E-state index in [-0.39, 0.29) is 0 Å². The van der Waals surface area contributed by atoms with E-state index in [9.17, 15) is 13.2 Å². The molecule has 0 nitrogen and oxygen atoms in total. The molecule has 2 rings (SSSR count). The highest BCUT2D eigenvalue weighted by Crippen LogP contribution is 2.37. The van der Waals surface area contributed by atoms with Crippen molar-refractivity contribution in [2.45, 2.75) is 18.0 Å². The fourth-order valence-corrected chi connectivity index (χ4v) is 3.18. The lowest BCUT2D eigenvalue weighted by Gasteiger charge is -2.15. The normalized spacial score (nSPS) is 13.2. The Labute approximate surface area is 142 Å². The van der Waals surface area contributed by atoms with Crippen LogP contribution < -0.4 is 0 Å². The molecule has 0 spiro atoms. The van der Waals surface area contributed by atoms with Gasteiger partial charge in [0.25, 0.3) is 0 Å². The SMILES string of the molecule is FC(F)(F)c1ccc(Br)c(C(Cl)Cc2ccc(Br)cc2)c1. The molecular weight excluding hydrogens is 432 g/mol. The second-order valence-corrected chi connectivity index (χ2v) is 6.83. The van der Waals surface area contributed by atoms with Crippen LogP contribution in [0.2, 0.25) is 0 Å². The standard InChI is InChI=1S/C15H10Br2ClF3/c16-11-4-1-9(2-5-11)7-14(18)12-8-10(15(19,20)21)3-6-13(12)17/h1-6,8,14H,7H2. The van der Waals surface area contributed by atoms with Crippen molar-refractivity contribution in [2.24, 2.45) is 0 Å². The number of halogens is 6. The van der Waals surface area contributed by atoms with Crippen molar-refractivity contribution in [2.75, 3.05) is 0 Å². The van der Waals surface area contributed by atoms with Gasteiger partial charge in [0.15, 0.2) is 0 Å². The topological polar surface area (TPSA) is 0 Å². The van der Waals surface area contributed by atoms with E-state index in [4.69, 9.17) is 11.6 Å². The summed E-state index contributed by atoms with van der Waals surface area (Å²) in [6.45, 7) is 0. The molecule has 0 radical (unpaired) electrons. The lowest BCUT2D eigenvalue weighted by atomic mass is 10.0. The minimum atomic E-state index is -4.37. The maximum atomic E-state index is 12.8. The van der Waals surface area contributed by atoms with Crippen LogP contribution >= 0.6 is 43.5 Å². The molecule has 0 bridgehead atoms. The van der Waals surface area contributed by atoms with Gasteiger partial charge in [0.2, 0.25) is 0 Å². The maximum Gasteiger partial charge on any atom is 0.416 e. The predicted molar refractivity (Wildman–Crippen MR) is 85.6 cm³/mol. The smallest absolute Gasteiger partial charge is 0.166 e. The van der Waals surface area contributed by atoms with Gasteiger partial charge < -0.3 is 0 Å². The van der Waals surface area contributed by atoms with Crippen LogP contribution in [0.4, 0.5) is 13.2 Å². The molecule has 0 aliphatic rings. The van der Waals surface area contributed by atoms with E-state index in [1.807, 2.05) is 24.3 Å². The monoisotopic (exact) mass is 440 g/mol. The lowest BCUT2D eigenvalue weighted by Crippen LogP contribution is -2.07. The van der Waals surface area contributed by atoms with Crippen molar-refractivity contribution in [1.29, 1.82) is 0 Å². The zero-order chi connectivity index (χ0) is 15.6. The van der Waals surface area contributed by atoms with Gasteiger partial charge in [0.05, 0.1) is 10.9 Å². The summed E-state index contributed by atoms with van der Waals surface area (Å²) < 4.78 is 39.8. The Balaban J connectivity index is 2.26. The number of hydrogen-bond acceptors (Lipinski definition) is 0. The summed E-state index contributed by atoms with van der Waals surface area (Å²) in [4.78, 5) is 0. The molecule has 0 amide bonds. The van der Waals surface area contributed by atoms with Gasteiger partial charge in [-0.25, -0.2) is 0 Å². The quantitative estimate of drug-likeness (QED) is 0.461. The van der Waals surface area contributed by atoms with E-state index >= 15 is 0 Å². The van der Waals surface area contributed by atoms with Crippen molar-refractivity contribution >= 4 is 43.5 Å². The van der Waals surface area contributed by atoms with Crippen molar-refractivity contribution in [3.05, 3.63) is 68.1 Å². The molecule has 0 fully saturated rings. The van der Waals surface area contributed by atoms with Crippen molar-refractivity contribution in [3.8, 4) is 0 Å². The zero-order valence-electron chi connectivity index (χ0n) is 10.6. The van der Waals surface area contributed by atoms with Crippen molar-refractivity contribution in [3.63, 3.8) is 0 Å². The van der Waals surface area contributed by atoms with Gasteiger partial charge in [0.1, 0.15) is 0 Å². The Morgan fingerprint density at radius 2 is 1.62 bits per heavy atom. The first kappa shape index (κ1) is 16.8. The Bertz CT molecular complexity index is 624. The molecule has 0 aliphatic heterocycles. The maximum absolute atomic E-state index is 12.8. The molecule has 0 heterocycles. The van der Waals surface area contributed by atoms with Crippen LogP contribution in [0.3, 0.4) is 0 Å². The minimum Gasteiger partial charge on any atom is -0.166 e. The Hall–Kier alpha value is -0.520. The van der Waals surface area contributed by atoms with Crippen LogP contribution in [0.5, 0.6) is 0 Å². The fraction of sp³-hybridized carbons (Fsp3) is 0.200. The summed E-state index contributed by atoms with van der Waals surface area (Å²) in [5, 5.41) is -0.539. The van der Waals surface area contributed by atoms with Crippen molar-refractivity contribution < 1.29 is 13.2 Å². The molecule has 2 aromatic carbocycles. The average molecular weight is 443 g/mol. The Morgan fingerprint density at radius 3 is 2.19 bits per heavy atom. The third-order valence-corrected chi connectivity index (χ3v) is 4.63. The van der Waals surface area contributed by atoms with Crippen LogP contribution in [0.15, 0.2) is 51.4 Å². The molecule has 0 saturated heterocycles. The molecule has 0 aromatic heterocycles. The first-order valence-corrected chi connectivity index (χ1v) is 8.05. The van der Waals surface area contributed by atoms with Crippen molar-refractivity contribution in [1.82, 2.24) is 0 Å². The van der Waals surface area contributed by atoms with Crippen LogP contribution in [-0.4, -0.2) is 0 Å². The molecule has 1 unspecified atom stereocenters. The van der Waals surface area contributed by atoms with E-state index in [0.29, 0.717) is 16.5 Å². The number of hydrogen-bond donors (Lipinski definition) is 0. The molecule has 0 N–H and O–H groups in total. The molecule has 21 heavy (non-hydrogen) atoms. The second kappa shape index (κ2) is 6.71. The lowest BCUT2D eigenvalue weighted by molar-refractivity contribution is -0.137. The summed E-state index contributed by atoms with van der Waals surface area (Å²) >= 11 is 12.9. The summed E-state index contributed by atoms with van der Waals surface area (Å²) in [6.07, 6.45) is -3.92. The highest BCUT2D eigenvalue weighted by molar-refractivity contribution is 9.10. The first-order valence-electron chi connectivity index (χ1n) is 6.02. The summed E-state index contributed by atoms with van der Waals surface area (Å²) in [6, 6.07) is 11.1. The van der Waals surface area contributed by atoms with E-state index in [1.54, 1.807) is 0 Å². The summed E-state index contributed by atoms with van der Waals surface area (Å²) in [5.41, 5.74) is 0.707. The largest absolute Gasteiger partial charge is 0.416 e. The minimum absolute atomic E-state index is 0.439. The highest BCUT2D eigenvalue weighted by atomic mass is 79.9. The van der Waals surface area contributed by atoms with Crippen LogP contribution in [0.1, 0.15) is 22.1 Å². The summed E-state index contributed by atoms with van der Waals surface area (Å²) in [5.74, 6) is 0. The first-order chi connectivity index (χ1) is 9.77. The van der Waals surface area contributed by atoms with E-state index in [1.165, 1.54) is 6.07 Å². The molecule has 2 aromatic rings. The molecule has 6 heteroatoms. The van der Waals surface area contributed by atoms with E-state index in [0.717, 1.165) is 22.2 Å². The summed E-state index contributed by atoms with van der Waals surface area (Å²) in [7, 11) is 0. The van der Waals surface area contributed by atoms with Crippen LogP contribution in [0.25, 0.3) is 0 Å². The third-order valence-electron chi connectivity index (χ3n) is 2.99.